The fourth-order valence-corrected chi connectivity index (χ4v) is 5.60. The van der Waals surface area contributed by atoms with Gasteiger partial charge in [-0.1, -0.05) is 24.3 Å². The number of fused-ring (bicyclic) bond motifs is 4. The Balaban J connectivity index is 1.36. The highest BCUT2D eigenvalue weighted by molar-refractivity contribution is 5.79. The van der Waals surface area contributed by atoms with Crippen LogP contribution in [-0.2, 0) is 19.7 Å². The van der Waals surface area contributed by atoms with E-state index in [9.17, 15) is 0 Å². The van der Waals surface area contributed by atoms with E-state index in [-0.39, 0.29) is 18.4 Å². The summed E-state index contributed by atoms with van der Waals surface area (Å²) in [5.74, 6) is 0.923. The highest BCUT2D eigenvalue weighted by Crippen LogP contribution is 2.52. The molecule has 38 heavy (non-hydrogen) atoms. The van der Waals surface area contributed by atoms with Crippen LogP contribution in [0.5, 0.6) is 11.5 Å². The van der Waals surface area contributed by atoms with E-state index in [2.05, 4.69) is 11.1 Å². The smallest absolute Gasteiger partial charge is 0.283 e. The fraction of sp³-hybridized carbons (Fsp3) is 0.267. The quantitative estimate of drug-likeness (QED) is 0.521. The van der Waals surface area contributed by atoms with Crippen molar-refractivity contribution in [3.05, 3.63) is 89.0 Å². The molecule has 0 unspecified atom stereocenters. The summed E-state index contributed by atoms with van der Waals surface area (Å²) in [6, 6.07) is 13.0. The van der Waals surface area contributed by atoms with Gasteiger partial charge in [0, 0.05) is 16.7 Å². The van der Waals surface area contributed by atoms with E-state index < -0.39 is 5.54 Å². The normalized spacial score (nSPS) is 22.0. The number of rotatable bonds is 3. The van der Waals surface area contributed by atoms with E-state index in [4.69, 9.17) is 29.7 Å². The van der Waals surface area contributed by atoms with Gasteiger partial charge in [0.15, 0.2) is 11.3 Å². The van der Waals surface area contributed by atoms with E-state index >= 15 is 4.39 Å². The van der Waals surface area contributed by atoms with Crippen LogP contribution in [0.25, 0.3) is 22.3 Å². The van der Waals surface area contributed by atoms with Gasteiger partial charge in [-0.2, -0.15) is 0 Å². The summed E-state index contributed by atoms with van der Waals surface area (Å²) in [4.78, 5) is 9.46. The zero-order chi connectivity index (χ0) is 25.7. The molecular weight excluding hydrogens is 485 g/mol. The molecule has 1 spiro atoms. The molecule has 4 aliphatic rings. The number of aromatic nitrogens is 1. The van der Waals surface area contributed by atoms with Crippen molar-refractivity contribution in [3.8, 4) is 22.6 Å². The lowest BCUT2D eigenvalue weighted by Crippen LogP contribution is -2.31. The van der Waals surface area contributed by atoms with Crippen LogP contribution in [-0.4, -0.2) is 44.0 Å². The third-order valence-electron chi connectivity index (χ3n) is 7.59. The summed E-state index contributed by atoms with van der Waals surface area (Å²) in [7, 11) is 0. The maximum Gasteiger partial charge on any atom is 0.283 e. The molecule has 8 heteroatoms. The van der Waals surface area contributed by atoms with Crippen molar-refractivity contribution in [2.24, 2.45) is 10.7 Å². The molecular formula is C30H26FN3O4. The van der Waals surface area contributed by atoms with Crippen LogP contribution in [0.1, 0.15) is 35.2 Å². The van der Waals surface area contributed by atoms with Crippen molar-refractivity contribution >= 4 is 17.2 Å². The molecule has 1 aromatic heterocycles. The molecule has 3 aromatic rings. The summed E-state index contributed by atoms with van der Waals surface area (Å²) in [5, 5.41) is 0. The number of halogens is 1. The minimum absolute atomic E-state index is 0.109. The maximum absolute atomic E-state index is 15.2. The van der Waals surface area contributed by atoms with Crippen LogP contribution in [0.2, 0.25) is 0 Å². The molecule has 0 bridgehead atoms. The first kappa shape index (κ1) is 23.1. The summed E-state index contributed by atoms with van der Waals surface area (Å²) in [6.07, 6.45) is 7.41. The highest BCUT2D eigenvalue weighted by Gasteiger charge is 2.47. The lowest BCUT2D eigenvalue weighted by atomic mass is 9.80. The minimum Gasteiger partial charge on any atom is -0.462 e. The molecule has 1 atom stereocenters. The van der Waals surface area contributed by atoms with E-state index in [1.807, 2.05) is 42.5 Å². The average molecular weight is 512 g/mol. The molecule has 0 amide bonds. The Bertz CT molecular complexity index is 1550. The maximum atomic E-state index is 15.2. The van der Waals surface area contributed by atoms with Crippen molar-refractivity contribution in [3.63, 3.8) is 0 Å². The molecule has 0 fully saturated rings. The number of nitrogens with zero attached hydrogens (tertiary/aromatic N) is 2. The SMILES string of the molecule is NC1=N[C@@]2(CO1)c1cc(-c3cc(C4=CCOCC4)ccc3F)ccc1Oc1cnc(C3=CCOCC3)cc12. The summed E-state index contributed by atoms with van der Waals surface area (Å²) in [5.41, 5.74) is 12.1. The molecule has 7 rings (SSSR count). The first-order valence-corrected chi connectivity index (χ1v) is 12.8. The zero-order valence-electron chi connectivity index (χ0n) is 20.7. The molecule has 2 aromatic carbocycles. The second kappa shape index (κ2) is 9.08. The van der Waals surface area contributed by atoms with Gasteiger partial charge < -0.3 is 24.7 Å². The Morgan fingerprint density at radius 1 is 0.842 bits per heavy atom. The van der Waals surface area contributed by atoms with Crippen LogP contribution in [0.4, 0.5) is 4.39 Å². The van der Waals surface area contributed by atoms with Crippen LogP contribution < -0.4 is 10.5 Å². The number of benzene rings is 2. The van der Waals surface area contributed by atoms with Crippen molar-refractivity contribution in [1.29, 1.82) is 0 Å². The predicted octanol–water partition coefficient (Wildman–Crippen LogP) is 5.19. The van der Waals surface area contributed by atoms with Gasteiger partial charge in [0.05, 0.1) is 38.3 Å². The first-order valence-electron chi connectivity index (χ1n) is 12.8. The number of aliphatic imine (C=N–C) groups is 1. The number of amidine groups is 1. The van der Waals surface area contributed by atoms with Gasteiger partial charge in [-0.3, -0.25) is 4.98 Å². The average Bonchev–Trinajstić information content (AvgIpc) is 3.36. The predicted molar refractivity (Wildman–Crippen MR) is 141 cm³/mol. The van der Waals surface area contributed by atoms with E-state index in [1.165, 1.54) is 6.07 Å². The minimum atomic E-state index is -0.927. The number of nitrogens with two attached hydrogens (primary N) is 1. The molecule has 0 saturated heterocycles. The van der Waals surface area contributed by atoms with Crippen LogP contribution in [0.15, 0.2) is 65.8 Å². The van der Waals surface area contributed by atoms with Crippen molar-refractivity contribution < 1.29 is 23.3 Å². The highest BCUT2D eigenvalue weighted by atomic mass is 19.1. The van der Waals surface area contributed by atoms with Gasteiger partial charge in [-0.15, -0.1) is 0 Å². The Hall–Kier alpha value is -4.01. The van der Waals surface area contributed by atoms with Gasteiger partial charge in [0.2, 0.25) is 0 Å². The van der Waals surface area contributed by atoms with Gasteiger partial charge in [0.25, 0.3) is 6.02 Å². The van der Waals surface area contributed by atoms with E-state index in [0.29, 0.717) is 43.5 Å². The zero-order valence-corrected chi connectivity index (χ0v) is 20.7. The van der Waals surface area contributed by atoms with E-state index in [0.717, 1.165) is 51.9 Å². The number of pyridine rings is 1. The molecule has 0 radical (unpaired) electrons. The Labute approximate surface area is 219 Å². The molecule has 2 N–H and O–H groups in total. The van der Waals surface area contributed by atoms with Crippen molar-refractivity contribution in [1.82, 2.24) is 4.98 Å². The molecule has 0 saturated carbocycles. The lowest BCUT2D eigenvalue weighted by molar-refractivity contribution is 0.161. The molecule has 0 aliphatic carbocycles. The van der Waals surface area contributed by atoms with Gasteiger partial charge in [-0.05, 0) is 65.4 Å². The second-order valence-corrected chi connectivity index (χ2v) is 9.78. The van der Waals surface area contributed by atoms with Gasteiger partial charge in [0.1, 0.15) is 18.2 Å². The largest absolute Gasteiger partial charge is 0.462 e. The number of hydrogen-bond donors (Lipinski definition) is 1. The standard InChI is InChI=1S/C30H26FN3O4/c31-25-3-1-20(18-5-9-35-10-6-18)13-22(25)21-2-4-27-23(14-21)30(17-37-29(32)34-30)24-15-26(33-16-28(24)38-27)19-7-11-36-12-8-19/h1-5,7,13-16H,6,8-12,17H2,(H2,32,34)/t30-/m0/s1. The summed E-state index contributed by atoms with van der Waals surface area (Å²) < 4.78 is 38.2. The molecule has 4 aliphatic heterocycles. The van der Waals surface area contributed by atoms with Crippen LogP contribution in [0.3, 0.4) is 0 Å². The van der Waals surface area contributed by atoms with Crippen molar-refractivity contribution in [2.45, 2.75) is 18.4 Å². The third-order valence-corrected chi connectivity index (χ3v) is 7.59. The molecule has 7 nitrogen and oxygen atoms in total. The topological polar surface area (TPSA) is 88.2 Å². The van der Waals surface area contributed by atoms with Gasteiger partial charge >= 0.3 is 0 Å². The number of ether oxygens (including phenoxy) is 4. The monoisotopic (exact) mass is 511 g/mol. The van der Waals surface area contributed by atoms with Crippen LogP contribution in [0, 0.1) is 5.82 Å². The molecule has 192 valence electrons. The summed E-state index contributed by atoms with van der Waals surface area (Å²) in [6.45, 7) is 2.66. The van der Waals surface area contributed by atoms with Crippen LogP contribution >= 0.6 is 0 Å². The Morgan fingerprint density at radius 2 is 1.61 bits per heavy atom. The van der Waals surface area contributed by atoms with Crippen molar-refractivity contribution in [2.75, 3.05) is 33.0 Å². The third kappa shape index (κ3) is 3.79. The second-order valence-electron chi connectivity index (χ2n) is 9.78. The van der Waals surface area contributed by atoms with Gasteiger partial charge in [-0.25, -0.2) is 9.38 Å². The molecule has 5 heterocycles. The first-order chi connectivity index (χ1) is 18.6. The Morgan fingerprint density at radius 3 is 2.34 bits per heavy atom. The number of hydrogen-bond acceptors (Lipinski definition) is 7. The Kier molecular flexibility index (Phi) is 5.52. The fourth-order valence-electron chi connectivity index (χ4n) is 5.60. The summed E-state index contributed by atoms with van der Waals surface area (Å²) >= 11 is 0. The van der Waals surface area contributed by atoms with E-state index in [1.54, 1.807) is 6.20 Å². The lowest BCUT2D eigenvalue weighted by Gasteiger charge is -2.34.